The summed E-state index contributed by atoms with van der Waals surface area (Å²) in [4.78, 5) is 22.7. The van der Waals surface area contributed by atoms with Crippen molar-refractivity contribution in [1.82, 2.24) is 0 Å². The molecule has 4 heteroatoms. The first-order valence-corrected chi connectivity index (χ1v) is 5.23. The van der Waals surface area contributed by atoms with Crippen LogP contribution in [0.25, 0.3) is 0 Å². The number of ether oxygens (including phenoxy) is 2. The van der Waals surface area contributed by atoms with Crippen LogP contribution in [0.1, 0.15) is 26.7 Å². The quantitative estimate of drug-likeness (QED) is 0.662. The van der Waals surface area contributed by atoms with Gasteiger partial charge in [-0.2, -0.15) is 0 Å². The highest BCUT2D eigenvalue weighted by molar-refractivity contribution is 5.91. The van der Waals surface area contributed by atoms with Crippen LogP contribution in [0.15, 0.2) is 11.6 Å². The van der Waals surface area contributed by atoms with Gasteiger partial charge >= 0.3 is 11.9 Å². The first kappa shape index (κ1) is 11.8. The molecule has 0 aromatic carbocycles. The van der Waals surface area contributed by atoms with Crippen LogP contribution in [-0.2, 0) is 19.1 Å². The van der Waals surface area contributed by atoms with Crippen LogP contribution < -0.4 is 0 Å². The molecule has 1 atom stereocenters. The van der Waals surface area contributed by atoms with Gasteiger partial charge in [-0.1, -0.05) is 6.08 Å². The third kappa shape index (κ3) is 3.08. The van der Waals surface area contributed by atoms with Crippen molar-refractivity contribution in [3.8, 4) is 0 Å². The Morgan fingerprint density at radius 1 is 1.33 bits per heavy atom. The molecule has 0 spiro atoms. The molecule has 84 valence electrons. The van der Waals surface area contributed by atoms with Crippen LogP contribution in [-0.4, -0.2) is 25.2 Å². The number of hydrogen-bond acceptors (Lipinski definition) is 4. The third-order valence-corrected chi connectivity index (χ3v) is 2.25. The second kappa shape index (κ2) is 5.53. The molecule has 0 saturated carbocycles. The van der Waals surface area contributed by atoms with Crippen molar-refractivity contribution in [3.05, 3.63) is 11.6 Å². The van der Waals surface area contributed by atoms with Crippen LogP contribution in [0.4, 0.5) is 0 Å². The van der Waals surface area contributed by atoms with E-state index in [1.165, 1.54) is 0 Å². The largest absolute Gasteiger partial charge is 0.466 e. The molecule has 0 fully saturated rings. The Morgan fingerprint density at radius 2 is 2.00 bits per heavy atom. The summed E-state index contributed by atoms with van der Waals surface area (Å²) in [5.74, 6) is -0.842. The summed E-state index contributed by atoms with van der Waals surface area (Å²) in [7, 11) is 0. The molecule has 1 aliphatic rings. The summed E-state index contributed by atoms with van der Waals surface area (Å²) < 4.78 is 9.73. The van der Waals surface area contributed by atoms with Gasteiger partial charge in [0.2, 0.25) is 0 Å². The summed E-state index contributed by atoms with van der Waals surface area (Å²) in [6, 6.07) is 0. The zero-order valence-electron chi connectivity index (χ0n) is 9.12. The first-order chi connectivity index (χ1) is 7.19. The number of rotatable bonds is 4. The van der Waals surface area contributed by atoms with E-state index in [1.54, 1.807) is 19.9 Å². The normalized spacial score (nSPS) is 19.6. The summed E-state index contributed by atoms with van der Waals surface area (Å²) in [5.41, 5.74) is 0.593. The van der Waals surface area contributed by atoms with E-state index < -0.39 is 0 Å². The molecule has 0 amide bonds. The molecular formula is C11H16O4. The maximum Gasteiger partial charge on any atom is 0.333 e. The van der Waals surface area contributed by atoms with Gasteiger partial charge in [0, 0.05) is 5.57 Å². The molecule has 0 radical (unpaired) electrons. The summed E-state index contributed by atoms with van der Waals surface area (Å²) in [6.45, 7) is 4.26. The van der Waals surface area contributed by atoms with Crippen molar-refractivity contribution < 1.29 is 19.1 Å². The van der Waals surface area contributed by atoms with E-state index in [0.717, 1.165) is 0 Å². The standard InChI is InChI=1S/C11H16O4/c1-3-14-10(12)8-5-6-9(7-8)11(13)15-4-2/h7-8H,3-6H2,1-2H3. The Bertz CT molecular complexity index is 280. The van der Waals surface area contributed by atoms with Gasteiger partial charge in [0.1, 0.15) is 0 Å². The van der Waals surface area contributed by atoms with E-state index in [4.69, 9.17) is 9.47 Å². The third-order valence-electron chi connectivity index (χ3n) is 2.25. The van der Waals surface area contributed by atoms with Gasteiger partial charge in [0.05, 0.1) is 19.1 Å². The lowest BCUT2D eigenvalue weighted by Crippen LogP contribution is -2.13. The van der Waals surface area contributed by atoms with Crippen molar-refractivity contribution >= 4 is 11.9 Å². The fourth-order valence-electron chi connectivity index (χ4n) is 1.55. The highest BCUT2D eigenvalue weighted by atomic mass is 16.5. The second-order valence-corrected chi connectivity index (χ2v) is 3.31. The Balaban J connectivity index is 2.54. The summed E-state index contributed by atoms with van der Waals surface area (Å²) in [6.07, 6.45) is 2.91. The van der Waals surface area contributed by atoms with Gasteiger partial charge in [0.25, 0.3) is 0 Å². The lowest BCUT2D eigenvalue weighted by atomic mass is 10.1. The molecule has 0 aromatic rings. The van der Waals surface area contributed by atoms with E-state index in [-0.39, 0.29) is 17.9 Å². The second-order valence-electron chi connectivity index (χ2n) is 3.31. The van der Waals surface area contributed by atoms with Gasteiger partial charge in [-0.15, -0.1) is 0 Å². The molecule has 0 aliphatic heterocycles. The lowest BCUT2D eigenvalue weighted by Gasteiger charge is -2.04. The van der Waals surface area contributed by atoms with Crippen molar-refractivity contribution in [2.45, 2.75) is 26.7 Å². The van der Waals surface area contributed by atoms with E-state index >= 15 is 0 Å². The Morgan fingerprint density at radius 3 is 2.60 bits per heavy atom. The SMILES string of the molecule is CCOC(=O)C1=CC(C(=O)OCC)CC1. The minimum absolute atomic E-state index is 0.253. The predicted molar refractivity (Wildman–Crippen MR) is 54.1 cm³/mol. The number of carbonyl (C=O) groups excluding carboxylic acids is 2. The minimum atomic E-state index is -0.315. The Hall–Kier alpha value is -1.32. The fraction of sp³-hybridized carbons (Fsp3) is 0.636. The molecule has 1 aliphatic carbocycles. The molecular weight excluding hydrogens is 196 g/mol. The average molecular weight is 212 g/mol. The molecule has 4 nitrogen and oxygen atoms in total. The van der Waals surface area contributed by atoms with Crippen molar-refractivity contribution in [3.63, 3.8) is 0 Å². The predicted octanol–water partition coefficient (Wildman–Crippen LogP) is 1.45. The first-order valence-electron chi connectivity index (χ1n) is 5.23. The number of carbonyl (C=O) groups is 2. The van der Waals surface area contributed by atoms with Crippen molar-refractivity contribution in [2.24, 2.45) is 5.92 Å². The molecule has 1 rings (SSSR count). The van der Waals surface area contributed by atoms with Gasteiger partial charge in [-0.05, 0) is 26.7 Å². The smallest absolute Gasteiger partial charge is 0.333 e. The number of hydrogen-bond donors (Lipinski definition) is 0. The monoisotopic (exact) mass is 212 g/mol. The van der Waals surface area contributed by atoms with Crippen LogP contribution in [0.2, 0.25) is 0 Å². The van der Waals surface area contributed by atoms with Crippen molar-refractivity contribution in [1.29, 1.82) is 0 Å². The van der Waals surface area contributed by atoms with E-state index in [0.29, 0.717) is 31.6 Å². The average Bonchev–Trinajstić information content (AvgIpc) is 2.67. The Kier molecular flexibility index (Phi) is 4.34. The van der Waals surface area contributed by atoms with E-state index in [2.05, 4.69) is 0 Å². The lowest BCUT2D eigenvalue weighted by molar-refractivity contribution is -0.146. The highest BCUT2D eigenvalue weighted by Crippen LogP contribution is 2.25. The molecule has 15 heavy (non-hydrogen) atoms. The van der Waals surface area contributed by atoms with Crippen LogP contribution in [0.5, 0.6) is 0 Å². The minimum Gasteiger partial charge on any atom is -0.466 e. The summed E-state index contributed by atoms with van der Waals surface area (Å²) in [5, 5.41) is 0. The molecule has 0 bridgehead atoms. The van der Waals surface area contributed by atoms with Crippen LogP contribution in [0.3, 0.4) is 0 Å². The van der Waals surface area contributed by atoms with Gasteiger partial charge < -0.3 is 9.47 Å². The van der Waals surface area contributed by atoms with E-state index in [9.17, 15) is 9.59 Å². The molecule has 1 unspecified atom stereocenters. The Labute approximate surface area is 89.2 Å². The molecule has 0 saturated heterocycles. The topological polar surface area (TPSA) is 52.6 Å². The van der Waals surface area contributed by atoms with Gasteiger partial charge in [0.15, 0.2) is 0 Å². The van der Waals surface area contributed by atoms with Crippen molar-refractivity contribution in [2.75, 3.05) is 13.2 Å². The molecule has 0 N–H and O–H groups in total. The maximum absolute atomic E-state index is 11.4. The number of esters is 2. The zero-order chi connectivity index (χ0) is 11.3. The van der Waals surface area contributed by atoms with E-state index in [1.807, 2.05) is 0 Å². The molecule has 0 heterocycles. The van der Waals surface area contributed by atoms with Crippen LogP contribution >= 0.6 is 0 Å². The fourth-order valence-corrected chi connectivity index (χ4v) is 1.55. The van der Waals surface area contributed by atoms with Gasteiger partial charge in [-0.25, -0.2) is 4.79 Å². The highest BCUT2D eigenvalue weighted by Gasteiger charge is 2.27. The molecule has 0 aromatic heterocycles. The van der Waals surface area contributed by atoms with Crippen LogP contribution in [0, 0.1) is 5.92 Å². The zero-order valence-corrected chi connectivity index (χ0v) is 9.12. The summed E-state index contributed by atoms with van der Waals surface area (Å²) >= 11 is 0. The maximum atomic E-state index is 11.4. The van der Waals surface area contributed by atoms with Gasteiger partial charge in [-0.3, -0.25) is 4.79 Å².